The van der Waals surface area contributed by atoms with E-state index in [0.29, 0.717) is 16.4 Å². The number of para-hydroxylation sites is 1. The predicted molar refractivity (Wildman–Crippen MR) is 167 cm³/mol. The lowest BCUT2D eigenvalue weighted by molar-refractivity contribution is -0.115. The van der Waals surface area contributed by atoms with Gasteiger partial charge in [-0.25, -0.2) is 9.37 Å². The van der Waals surface area contributed by atoms with Crippen LogP contribution in [-0.4, -0.2) is 28.0 Å². The van der Waals surface area contributed by atoms with Crippen molar-refractivity contribution < 1.29 is 18.8 Å². The van der Waals surface area contributed by atoms with Crippen molar-refractivity contribution in [3.63, 3.8) is 0 Å². The van der Waals surface area contributed by atoms with Crippen molar-refractivity contribution in [2.45, 2.75) is 17.1 Å². The third-order valence-electron chi connectivity index (χ3n) is 6.03. The molecule has 1 atom stereocenters. The molecule has 4 aromatic carbocycles. The quantitative estimate of drug-likeness (QED) is 0.126. The number of aromatic nitrogens is 1. The number of thiazole rings is 1. The number of amides is 3. The first kappa shape index (κ1) is 28.7. The monoisotopic (exact) mass is 596 g/mol. The Labute approximate surface area is 249 Å². The number of fused-ring (bicyclic) bond motifs is 1. The number of benzene rings is 4. The summed E-state index contributed by atoms with van der Waals surface area (Å²) in [5, 5.41) is 8.32. The maximum Gasteiger partial charge on any atom is 0.272 e. The van der Waals surface area contributed by atoms with Crippen LogP contribution < -0.4 is 16.0 Å². The lowest BCUT2D eigenvalue weighted by atomic mass is 10.1. The number of nitrogens with zero attached hydrogens (tertiary/aromatic N) is 1. The van der Waals surface area contributed by atoms with E-state index < -0.39 is 22.9 Å². The molecule has 0 aliphatic rings. The molecule has 5 rings (SSSR count). The molecule has 0 saturated heterocycles. The van der Waals surface area contributed by atoms with Gasteiger partial charge in [-0.2, -0.15) is 0 Å². The summed E-state index contributed by atoms with van der Waals surface area (Å²) < 4.78 is 15.4. The summed E-state index contributed by atoms with van der Waals surface area (Å²) in [6.07, 6.45) is 1.29. The van der Waals surface area contributed by atoms with Crippen molar-refractivity contribution in [2.24, 2.45) is 0 Å². The Morgan fingerprint density at radius 1 is 0.881 bits per heavy atom. The van der Waals surface area contributed by atoms with Crippen LogP contribution in [0.15, 0.2) is 114 Å². The number of thioether (sulfide) groups is 1. The SMILES string of the molecule is CC(Sc1cccc(NC(=O)/C(=C/c2ccccc2F)NC(=O)c2ccccc2)c1)C(=O)Nc1nc2ccccc2s1. The van der Waals surface area contributed by atoms with E-state index in [4.69, 9.17) is 0 Å². The first-order valence-electron chi connectivity index (χ1n) is 12.9. The molecule has 3 amide bonds. The molecule has 0 aliphatic carbocycles. The third-order valence-corrected chi connectivity index (χ3v) is 8.08. The van der Waals surface area contributed by atoms with Gasteiger partial charge in [-0.15, -0.1) is 11.8 Å². The highest BCUT2D eigenvalue weighted by Gasteiger charge is 2.19. The van der Waals surface area contributed by atoms with Gasteiger partial charge in [0.15, 0.2) is 5.13 Å². The zero-order valence-electron chi connectivity index (χ0n) is 22.3. The van der Waals surface area contributed by atoms with Gasteiger partial charge in [-0.1, -0.05) is 65.9 Å². The van der Waals surface area contributed by atoms with Crippen LogP contribution in [-0.2, 0) is 9.59 Å². The second-order valence-electron chi connectivity index (χ2n) is 9.12. The zero-order valence-corrected chi connectivity index (χ0v) is 24.0. The van der Waals surface area contributed by atoms with Crippen LogP contribution in [0, 0.1) is 5.82 Å². The van der Waals surface area contributed by atoms with Crippen molar-refractivity contribution in [2.75, 3.05) is 10.6 Å². The summed E-state index contributed by atoms with van der Waals surface area (Å²) in [6, 6.07) is 29.0. The van der Waals surface area contributed by atoms with Crippen LogP contribution in [0.25, 0.3) is 16.3 Å². The van der Waals surface area contributed by atoms with Crippen molar-refractivity contribution in [1.82, 2.24) is 10.3 Å². The number of carbonyl (C=O) groups excluding carboxylic acids is 3. The summed E-state index contributed by atoms with van der Waals surface area (Å²) in [5.41, 5.74) is 1.63. The molecular weight excluding hydrogens is 572 g/mol. The largest absolute Gasteiger partial charge is 0.321 e. The Kier molecular flexibility index (Phi) is 9.05. The molecule has 210 valence electrons. The Morgan fingerprint density at radius 3 is 2.40 bits per heavy atom. The average molecular weight is 597 g/mol. The number of hydrogen-bond donors (Lipinski definition) is 3. The molecule has 0 aliphatic heterocycles. The van der Waals surface area contributed by atoms with E-state index in [1.54, 1.807) is 67.6 Å². The van der Waals surface area contributed by atoms with Crippen molar-refractivity contribution in [3.05, 3.63) is 126 Å². The Bertz CT molecular complexity index is 1760. The minimum absolute atomic E-state index is 0.129. The van der Waals surface area contributed by atoms with Gasteiger partial charge >= 0.3 is 0 Å². The van der Waals surface area contributed by atoms with Crippen molar-refractivity contribution in [1.29, 1.82) is 0 Å². The van der Waals surface area contributed by atoms with Crippen LogP contribution in [0.2, 0.25) is 0 Å². The maximum absolute atomic E-state index is 14.4. The number of carbonyl (C=O) groups is 3. The number of anilines is 2. The molecule has 0 spiro atoms. The fourth-order valence-corrected chi connectivity index (χ4v) is 5.72. The van der Waals surface area contributed by atoms with Gasteiger partial charge < -0.3 is 16.0 Å². The minimum atomic E-state index is -0.633. The summed E-state index contributed by atoms with van der Waals surface area (Å²) in [6.45, 7) is 1.78. The maximum atomic E-state index is 14.4. The van der Waals surface area contributed by atoms with Gasteiger partial charge in [0, 0.05) is 21.7 Å². The highest BCUT2D eigenvalue weighted by Crippen LogP contribution is 2.29. The second kappa shape index (κ2) is 13.2. The summed E-state index contributed by atoms with van der Waals surface area (Å²) in [5.74, 6) is -1.88. The number of hydrogen-bond acceptors (Lipinski definition) is 6. The normalized spacial score (nSPS) is 12.0. The van der Waals surface area contributed by atoms with Crippen LogP contribution in [0.4, 0.5) is 15.2 Å². The fourth-order valence-electron chi connectivity index (χ4n) is 3.93. The number of nitrogens with one attached hydrogen (secondary N) is 3. The number of rotatable bonds is 9. The van der Waals surface area contributed by atoms with E-state index in [1.807, 2.05) is 30.3 Å². The standard InChI is InChI=1S/C32H25FN4O3S2/c1-20(29(38)37-32-36-26-16-7-8-17-28(26)42-32)41-24-14-9-13-23(19-24)34-31(40)27(18-22-12-5-6-15-25(22)33)35-30(39)21-10-3-2-4-11-21/h2-20H,1H3,(H,34,40)(H,35,39)(H,36,37,38)/b27-18-. The molecule has 0 saturated carbocycles. The molecule has 1 unspecified atom stereocenters. The van der Waals surface area contributed by atoms with Crippen LogP contribution in [0.5, 0.6) is 0 Å². The Balaban J connectivity index is 1.28. The highest BCUT2D eigenvalue weighted by atomic mass is 32.2. The van der Waals surface area contributed by atoms with E-state index in [2.05, 4.69) is 20.9 Å². The summed E-state index contributed by atoms with van der Waals surface area (Å²) in [4.78, 5) is 44.2. The summed E-state index contributed by atoms with van der Waals surface area (Å²) >= 11 is 2.73. The first-order valence-corrected chi connectivity index (χ1v) is 14.6. The van der Waals surface area contributed by atoms with Crippen molar-refractivity contribution >= 4 is 67.9 Å². The van der Waals surface area contributed by atoms with E-state index >= 15 is 0 Å². The molecule has 3 N–H and O–H groups in total. The molecular formula is C32H25FN4O3S2. The predicted octanol–water partition coefficient (Wildman–Crippen LogP) is 6.96. The molecule has 10 heteroatoms. The molecule has 42 heavy (non-hydrogen) atoms. The second-order valence-corrected chi connectivity index (χ2v) is 11.6. The lowest BCUT2D eigenvalue weighted by Gasteiger charge is -2.14. The smallest absolute Gasteiger partial charge is 0.272 e. The van der Waals surface area contributed by atoms with Gasteiger partial charge in [0.1, 0.15) is 11.5 Å². The van der Waals surface area contributed by atoms with Gasteiger partial charge in [-0.05, 0) is 61.5 Å². The van der Waals surface area contributed by atoms with E-state index in [-0.39, 0.29) is 17.2 Å². The molecule has 0 bridgehead atoms. The van der Waals surface area contributed by atoms with Gasteiger partial charge in [0.2, 0.25) is 5.91 Å². The Morgan fingerprint density at radius 2 is 1.62 bits per heavy atom. The zero-order chi connectivity index (χ0) is 29.5. The topological polar surface area (TPSA) is 100 Å². The van der Waals surface area contributed by atoms with Gasteiger partial charge in [0.25, 0.3) is 11.8 Å². The third kappa shape index (κ3) is 7.28. The van der Waals surface area contributed by atoms with Crippen LogP contribution in [0.3, 0.4) is 0 Å². The van der Waals surface area contributed by atoms with E-state index in [9.17, 15) is 18.8 Å². The molecule has 1 aromatic heterocycles. The van der Waals surface area contributed by atoms with E-state index in [0.717, 1.165) is 15.1 Å². The van der Waals surface area contributed by atoms with Gasteiger partial charge in [-0.3, -0.25) is 14.4 Å². The Hall–Kier alpha value is -4.80. The molecule has 5 aromatic rings. The lowest BCUT2D eigenvalue weighted by Crippen LogP contribution is -2.30. The van der Waals surface area contributed by atoms with Crippen LogP contribution >= 0.6 is 23.1 Å². The average Bonchev–Trinajstić information content (AvgIpc) is 3.40. The molecule has 0 radical (unpaired) electrons. The molecule has 7 nitrogen and oxygen atoms in total. The highest BCUT2D eigenvalue weighted by molar-refractivity contribution is 8.00. The van der Waals surface area contributed by atoms with Crippen molar-refractivity contribution in [3.8, 4) is 0 Å². The summed E-state index contributed by atoms with van der Waals surface area (Å²) in [7, 11) is 0. The van der Waals surface area contributed by atoms with Gasteiger partial charge in [0.05, 0.1) is 15.5 Å². The molecule has 1 heterocycles. The fraction of sp³-hybridized carbons (Fsp3) is 0.0625. The minimum Gasteiger partial charge on any atom is -0.321 e. The molecule has 0 fully saturated rings. The van der Waals surface area contributed by atoms with Crippen LogP contribution in [0.1, 0.15) is 22.8 Å². The first-order chi connectivity index (χ1) is 20.4. The number of halogens is 1. The van der Waals surface area contributed by atoms with E-state index in [1.165, 1.54) is 41.3 Å².